The van der Waals surface area contributed by atoms with Gasteiger partial charge >= 0.3 is 5.97 Å². The van der Waals surface area contributed by atoms with E-state index in [0.717, 1.165) is 30.9 Å². The minimum absolute atomic E-state index is 0.241. The molecule has 1 aromatic rings. The fourth-order valence-electron chi connectivity index (χ4n) is 2.60. The molecule has 1 aromatic heterocycles. The molecule has 0 aliphatic carbocycles. The fourth-order valence-corrected chi connectivity index (χ4v) is 2.60. The molecular weight excluding hydrogens is 228 g/mol. The fraction of sp³-hybridized carbons (Fsp3) is 0.571. The summed E-state index contributed by atoms with van der Waals surface area (Å²) in [6.07, 6.45) is 3.76. The molecule has 2 heterocycles. The first-order valence-electron chi connectivity index (χ1n) is 6.34. The van der Waals surface area contributed by atoms with Crippen molar-refractivity contribution < 1.29 is 9.90 Å². The Kier molecular flexibility index (Phi) is 3.28. The highest BCUT2D eigenvalue weighted by atomic mass is 16.4. The van der Waals surface area contributed by atoms with Gasteiger partial charge in [0.1, 0.15) is 5.56 Å². The number of carboxylic acid groups (broad SMARTS) is 1. The van der Waals surface area contributed by atoms with Crippen LogP contribution in [0.4, 0.5) is 5.69 Å². The maximum Gasteiger partial charge on any atom is 0.339 e. The van der Waals surface area contributed by atoms with Crippen molar-refractivity contribution in [3.63, 3.8) is 0 Å². The number of pyridine rings is 1. The number of carboxylic acids is 1. The monoisotopic (exact) mass is 248 g/mol. The van der Waals surface area contributed by atoms with E-state index in [1.165, 1.54) is 12.6 Å². The normalized spacial score (nSPS) is 18.7. The van der Waals surface area contributed by atoms with Crippen molar-refractivity contribution in [1.82, 2.24) is 4.98 Å². The summed E-state index contributed by atoms with van der Waals surface area (Å²) < 4.78 is 0. The van der Waals surface area contributed by atoms with Crippen LogP contribution >= 0.6 is 0 Å². The zero-order valence-corrected chi connectivity index (χ0v) is 11.2. The van der Waals surface area contributed by atoms with E-state index in [-0.39, 0.29) is 5.41 Å². The molecule has 0 radical (unpaired) electrons. The number of anilines is 1. The van der Waals surface area contributed by atoms with Crippen molar-refractivity contribution in [2.24, 2.45) is 5.41 Å². The van der Waals surface area contributed by atoms with E-state index in [2.05, 4.69) is 23.7 Å². The van der Waals surface area contributed by atoms with Gasteiger partial charge in [0, 0.05) is 25.0 Å². The molecule has 1 aliphatic heterocycles. The minimum Gasteiger partial charge on any atom is -0.478 e. The molecule has 0 saturated carbocycles. The van der Waals surface area contributed by atoms with Crippen LogP contribution in [0.3, 0.4) is 0 Å². The van der Waals surface area contributed by atoms with Crippen LogP contribution in [0.15, 0.2) is 12.3 Å². The van der Waals surface area contributed by atoms with E-state index in [1.54, 1.807) is 0 Å². The Labute approximate surface area is 108 Å². The molecular formula is C14H20N2O2. The Hall–Kier alpha value is -1.58. The highest BCUT2D eigenvalue weighted by molar-refractivity contribution is 5.94. The first-order chi connectivity index (χ1) is 8.39. The van der Waals surface area contributed by atoms with Gasteiger partial charge in [0.15, 0.2) is 0 Å². The second-order valence-electron chi connectivity index (χ2n) is 5.84. The Balaban J connectivity index is 2.37. The van der Waals surface area contributed by atoms with Gasteiger partial charge in [-0.25, -0.2) is 4.79 Å². The third-order valence-electron chi connectivity index (χ3n) is 3.49. The number of piperidine rings is 1. The van der Waals surface area contributed by atoms with Gasteiger partial charge in [0.05, 0.1) is 5.69 Å². The summed E-state index contributed by atoms with van der Waals surface area (Å²) in [5, 5.41) is 9.25. The summed E-state index contributed by atoms with van der Waals surface area (Å²) in [5.74, 6) is -0.902. The minimum atomic E-state index is -0.902. The lowest BCUT2D eigenvalue weighted by atomic mass is 9.84. The smallest absolute Gasteiger partial charge is 0.339 e. The molecule has 1 aliphatic rings. The van der Waals surface area contributed by atoms with Gasteiger partial charge in [-0.3, -0.25) is 4.98 Å². The van der Waals surface area contributed by atoms with Gasteiger partial charge in [-0.15, -0.1) is 0 Å². The van der Waals surface area contributed by atoms with Gasteiger partial charge < -0.3 is 10.0 Å². The van der Waals surface area contributed by atoms with Gasteiger partial charge in [0.2, 0.25) is 0 Å². The van der Waals surface area contributed by atoms with Crippen molar-refractivity contribution in [3.05, 3.63) is 23.5 Å². The van der Waals surface area contributed by atoms with Crippen molar-refractivity contribution >= 4 is 11.7 Å². The number of aryl methyl sites for hydroxylation is 1. The summed E-state index contributed by atoms with van der Waals surface area (Å²) in [6, 6.07) is 1.88. The number of aromatic nitrogens is 1. The predicted molar refractivity (Wildman–Crippen MR) is 71.2 cm³/mol. The molecule has 0 aromatic carbocycles. The van der Waals surface area contributed by atoms with Crippen LogP contribution in [0, 0.1) is 12.3 Å². The third kappa shape index (κ3) is 2.63. The molecule has 2 rings (SSSR count). The van der Waals surface area contributed by atoms with E-state index in [1.807, 2.05) is 13.0 Å². The van der Waals surface area contributed by atoms with E-state index >= 15 is 0 Å². The summed E-state index contributed by atoms with van der Waals surface area (Å²) in [6.45, 7) is 8.18. The Bertz CT molecular complexity index is 469. The first-order valence-corrected chi connectivity index (χ1v) is 6.34. The molecule has 0 amide bonds. The van der Waals surface area contributed by atoms with E-state index in [9.17, 15) is 9.90 Å². The van der Waals surface area contributed by atoms with Crippen LogP contribution in [-0.4, -0.2) is 29.1 Å². The lowest BCUT2D eigenvalue weighted by molar-refractivity contribution is 0.0696. The molecule has 1 saturated heterocycles. The molecule has 18 heavy (non-hydrogen) atoms. The van der Waals surface area contributed by atoms with Gasteiger partial charge in [-0.1, -0.05) is 13.8 Å². The van der Waals surface area contributed by atoms with E-state index in [0.29, 0.717) is 5.56 Å². The summed E-state index contributed by atoms with van der Waals surface area (Å²) in [7, 11) is 0. The number of aromatic carboxylic acids is 1. The molecule has 0 atom stereocenters. The highest BCUT2D eigenvalue weighted by Crippen LogP contribution is 2.33. The topological polar surface area (TPSA) is 53.4 Å². The second-order valence-corrected chi connectivity index (χ2v) is 5.84. The number of hydrogen-bond acceptors (Lipinski definition) is 3. The van der Waals surface area contributed by atoms with Crippen LogP contribution in [0.2, 0.25) is 0 Å². The average molecular weight is 248 g/mol. The van der Waals surface area contributed by atoms with Gasteiger partial charge in [0.25, 0.3) is 0 Å². The third-order valence-corrected chi connectivity index (χ3v) is 3.49. The summed E-state index contributed by atoms with van der Waals surface area (Å²) in [4.78, 5) is 17.5. The Morgan fingerprint density at radius 3 is 2.83 bits per heavy atom. The van der Waals surface area contributed by atoms with Crippen molar-refractivity contribution in [2.75, 3.05) is 18.0 Å². The molecule has 1 N–H and O–H groups in total. The van der Waals surface area contributed by atoms with Crippen LogP contribution < -0.4 is 4.90 Å². The standard InChI is InChI=1S/C14H20N2O2/c1-10-7-12(11(8-15-10)13(17)18)16-6-4-5-14(2,3)9-16/h7-8H,4-6,9H2,1-3H3,(H,17,18). The van der Waals surface area contributed by atoms with Crippen molar-refractivity contribution in [3.8, 4) is 0 Å². The molecule has 0 bridgehead atoms. The number of rotatable bonds is 2. The Morgan fingerprint density at radius 2 is 2.22 bits per heavy atom. The van der Waals surface area contributed by atoms with Crippen LogP contribution in [0.25, 0.3) is 0 Å². The largest absolute Gasteiger partial charge is 0.478 e. The zero-order valence-electron chi connectivity index (χ0n) is 11.2. The SMILES string of the molecule is Cc1cc(N2CCCC(C)(C)C2)c(C(=O)O)cn1. The summed E-state index contributed by atoms with van der Waals surface area (Å²) in [5.41, 5.74) is 2.21. The van der Waals surface area contributed by atoms with Gasteiger partial charge in [-0.2, -0.15) is 0 Å². The lowest BCUT2D eigenvalue weighted by Crippen LogP contribution is -2.40. The lowest BCUT2D eigenvalue weighted by Gasteiger charge is -2.40. The summed E-state index contributed by atoms with van der Waals surface area (Å²) >= 11 is 0. The number of carbonyl (C=O) groups is 1. The quantitative estimate of drug-likeness (QED) is 0.874. The zero-order chi connectivity index (χ0) is 13.3. The van der Waals surface area contributed by atoms with Crippen LogP contribution in [0.1, 0.15) is 42.7 Å². The maximum atomic E-state index is 11.3. The van der Waals surface area contributed by atoms with E-state index in [4.69, 9.17) is 0 Å². The molecule has 0 unspecified atom stereocenters. The molecule has 1 fully saturated rings. The number of hydrogen-bond donors (Lipinski definition) is 1. The molecule has 4 heteroatoms. The van der Waals surface area contributed by atoms with Crippen molar-refractivity contribution in [1.29, 1.82) is 0 Å². The maximum absolute atomic E-state index is 11.3. The van der Waals surface area contributed by atoms with Crippen molar-refractivity contribution in [2.45, 2.75) is 33.6 Å². The molecule has 0 spiro atoms. The highest BCUT2D eigenvalue weighted by Gasteiger charge is 2.28. The number of nitrogens with zero attached hydrogens (tertiary/aromatic N) is 2. The molecule has 4 nitrogen and oxygen atoms in total. The van der Waals surface area contributed by atoms with Crippen LogP contribution in [-0.2, 0) is 0 Å². The first kappa shape index (κ1) is 12.9. The van der Waals surface area contributed by atoms with Gasteiger partial charge in [-0.05, 0) is 31.2 Å². The second kappa shape index (κ2) is 4.59. The van der Waals surface area contributed by atoms with Crippen LogP contribution in [0.5, 0.6) is 0 Å². The van der Waals surface area contributed by atoms with E-state index < -0.39 is 5.97 Å². The average Bonchev–Trinajstić information content (AvgIpc) is 2.27. The molecule has 98 valence electrons. The Morgan fingerprint density at radius 1 is 1.50 bits per heavy atom. The predicted octanol–water partition coefficient (Wildman–Crippen LogP) is 2.71.